The number of esters is 1. The molecule has 188 valence electrons. The van der Waals surface area contributed by atoms with E-state index in [4.69, 9.17) is 4.74 Å². The molecule has 0 unspecified atom stereocenters. The molecular weight excluding hydrogens is 466 g/mol. The van der Waals surface area contributed by atoms with Crippen LogP contribution in [0.25, 0.3) is 0 Å². The maximum Gasteiger partial charge on any atom is 0.407 e. The normalized spacial score (nSPS) is 16.7. The van der Waals surface area contributed by atoms with Crippen molar-refractivity contribution in [3.05, 3.63) is 23.3 Å². The fraction of sp³-hybridized carbons (Fsp3) is 0.571. The van der Waals surface area contributed by atoms with Gasteiger partial charge in [-0.1, -0.05) is 6.58 Å². The van der Waals surface area contributed by atoms with E-state index in [2.05, 4.69) is 32.3 Å². The van der Waals surface area contributed by atoms with Crippen LogP contribution in [-0.4, -0.2) is 78.5 Å². The lowest BCUT2D eigenvalue weighted by atomic mass is 10.1. The number of aliphatic hydroxyl groups excluding tert-OH is 1. The molecule has 1 aromatic rings. The lowest BCUT2D eigenvalue weighted by molar-refractivity contribution is -0.138. The molecule has 0 aliphatic carbocycles. The predicted molar refractivity (Wildman–Crippen MR) is 124 cm³/mol. The highest BCUT2D eigenvalue weighted by Crippen LogP contribution is 2.24. The summed E-state index contributed by atoms with van der Waals surface area (Å²) in [5.74, 6) is -2.34. The molecule has 1 aliphatic rings. The van der Waals surface area contributed by atoms with E-state index in [1.807, 2.05) is 4.90 Å². The maximum absolute atomic E-state index is 12.6. The van der Waals surface area contributed by atoms with E-state index in [9.17, 15) is 24.3 Å². The second-order valence-corrected chi connectivity index (χ2v) is 9.45. The first-order chi connectivity index (χ1) is 15.9. The van der Waals surface area contributed by atoms with Gasteiger partial charge in [-0.3, -0.25) is 9.59 Å². The Morgan fingerprint density at radius 3 is 2.68 bits per heavy atom. The van der Waals surface area contributed by atoms with Crippen LogP contribution in [0.15, 0.2) is 17.7 Å². The van der Waals surface area contributed by atoms with Crippen LogP contribution < -0.4 is 20.9 Å². The van der Waals surface area contributed by atoms with E-state index in [0.29, 0.717) is 18.2 Å². The minimum atomic E-state index is -1.32. The first-order valence-electron chi connectivity index (χ1n) is 10.6. The number of anilines is 1. The largest absolute Gasteiger partial charge is 0.464 e. The predicted octanol–water partition coefficient (Wildman–Crippen LogP) is 0.530. The molecule has 0 saturated carbocycles. The molecule has 2 heterocycles. The van der Waals surface area contributed by atoms with Gasteiger partial charge in [-0.2, -0.15) is 0 Å². The van der Waals surface area contributed by atoms with Crippen molar-refractivity contribution in [1.29, 1.82) is 0 Å². The average molecular weight is 498 g/mol. The molecule has 2 atom stereocenters. The van der Waals surface area contributed by atoms with Crippen molar-refractivity contribution in [3.63, 3.8) is 0 Å². The molecule has 0 radical (unpaired) electrons. The summed E-state index contributed by atoms with van der Waals surface area (Å²) in [6.45, 7) is 9.26. The van der Waals surface area contributed by atoms with Crippen LogP contribution >= 0.6 is 11.3 Å². The summed E-state index contributed by atoms with van der Waals surface area (Å²) in [5, 5.41) is 19.0. The average Bonchev–Trinajstić information content (AvgIpc) is 3.25. The molecule has 13 heteroatoms. The number of thiazole rings is 1. The van der Waals surface area contributed by atoms with Gasteiger partial charge in [0.1, 0.15) is 23.0 Å². The number of carbonyl (C=O) groups excluding carboxylic acids is 4. The van der Waals surface area contributed by atoms with Gasteiger partial charge in [0.05, 0.1) is 13.7 Å². The number of nitrogens with one attached hydrogen (secondary N) is 3. The lowest BCUT2D eigenvalue weighted by Gasteiger charge is -2.33. The topological polar surface area (TPSA) is 159 Å². The lowest BCUT2D eigenvalue weighted by Crippen LogP contribution is -2.49. The Kier molecular flexibility index (Phi) is 9.38. The molecule has 0 bridgehead atoms. The first-order valence-corrected chi connectivity index (χ1v) is 11.5. The van der Waals surface area contributed by atoms with Crippen LogP contribution in [0.3, 0.4) is 0 Å². The Hall–Kier alpha value is -3.19. The summed E-state index contributed by atoms with van der Waals surface area (Å²) >= 11 is 1.25. The standard InChI is InChI=1S/C21H31N5O7S/c1-12(18(30)32-5)22-16(28)14(10-27)24-17(29)15-11-34-19(25-15)26-8-6-7-13(9-26)23-20(31)33-21(2,3)4/h11,13-14,27H,1,6-10H2,2-5H3,(H,22,28)(H,23,31)(H,24,29)/t13-,14+/m1/s1. The number of nitrogens with zero attached hydrogens (tertiary/aromatic N) is 2. The third kappa shape index (κ3) is 7.99. The number of aromatic nitrogens is 1. The molecule has 2 rings (SSSR count). The van der Waals surface area contributed by atoms with Crippen molar-refractivity contribution < 1.29 is 33.8 Å². The third-order valence-electron chi connectivity index (χ3n) is 4.65. The number of rotatable bonds is 8. The van der Waals surface area contributed by atoms with Crippen molar-refractivity contribution in [2.45, 2.75) is 51.3 Å². The van der Waals surface area contributed by atoms with Crippen LogP contribution in [0.1, 0.15) is 44.1 Å². The van der Waals surface area contributed by atoms with Crippen LogP contribution in [0, 0.1) is 0 Å². The molecule has 34 heavy (non-hydrogen) atoms. The number of hydrogen-bond donors (Lipinski definition) is 4. The number of hydrogen-bond acceptors (Lipinski definition) is 10. The Balaban J connectivity index is 1.96. The van der Waals surface area contributed by atoms with Crippen LogP contribution in [0.4, 0.5) is 9.93 Å². The Morgan fingerprint density at radius 1 is 1.35 bits per heavy atom. The van der Waals surface area contributed by atoms with Gasteiger partial charge < -0.3 is 35.4 Å². The number of alkyl carbamates (subject to hydrolysis) is 1. The summed E-state index contributed by atoms with van der Waals surface area (Å²) < 4.78 is 9.75. The quantitative estimate of drug-likeness (QED) is 0.297. The smallest absolute Gasteiger partial charge is 0.407 e. The molecule has 4 N–H and O–H groups in total. The number of carbonyl (C=O) groups is 4. The fourth-order valence-corrected chi connectivity index (χ4v) is 3.94. The van der Waals surface area contributed by atoms with Gasteiger partial charge in [0.15, 0.2) is 5.13 Å². The first kappa shape index (κ1) is 27.1. The van der Waals surface area contributed by atoms with E-state index in [0.717, 1.165) is 20.0 Å². The number of amides is 3. The molecular formula is C21H31N5O7S. The monoisotopic (exact) mass is 497 g/mol. The van der Waals surface area contributed by atoms with Gasteiger partial charge >= 0.3 is 12.1 Å². The van der Waals surface area contributed by atoms with Crippen molar-refractivity contribution in [1.82, 2.24) is 20.9 Å². The minimum Gasteiger partial charge on any atom is -0.464 e. The fourth-order valence-electron chi connectivity index (χ4n) is 3.09. The number of piperidine rings is 1. The molecule has 3 amide bonds. The zero-order valence-electron chi connectivity index (χ0n) is 19.7. The Bertz CT molecular complexity index is 927. The molecule has 1 aromatic heterocycles. The number of methoxy groups -OCH3 is 1. The van der Waals surface area contributed by atoms with Gasteiger partial charge in [-0.15, -0.1) is 11.3 Å². The van der Waals surface area contributed by atoms with Crippen LogP contribution in [0.2, 0.25) is 0 Å². The van der Waals surface area contributed by atoms with Crippen molar-refractivity contribution in [3.8, 4) is 0 Å². The van der Waals surface area contributed by atoms with Crippen LogP contribution in [0.5, 0.6) is 0 Å². The van der Waals surface area contributed by atoms with Crippen molar-refractivity contribution in [2.75, 3.05) is 31.7 Å². The third-order valence-corrected chi connectivity index (χ3v) is 5.55. The van der Waals surface area contributed by atoms with E-state index >= 15 is 0 Å². The summed E-state index contributed by atoms with van der Waals surface area (Å²) in [5.41, 5.74) is -0.845. The summed E-state index contributed by atoms with van der Waals surface area (Å²) in [7, 11) is 1.13. The SMILES string of the molecule is C=C(NC(=O)[C@H](CO)NC(=O)c1csc(N2CCC[C@@H](NC(=O)OC(C)(C)C)C2)n1)C(=O)OC. The van der Waals surface area contributed by atoms with Gasteiger partial charge in [0.25, 0.3) is 5.91 Å². The highest BCUT2D eigenvalue weighted by molar-refractivity contribution is 7.13. The van der Waals surface area contributed by atoms with Gasteiger partial charge in [-0.05, 0) is 33.6 Å². The van der Waals surface area contributed by atoms with Gasteiger partial charge in [-0.25, -0.2) is 14.6 Å². The van der Waals surface area contributed by atoms with Crippen molar-refractivity contribution in [2.24, 2.45) is 0 Å². The summed E-state index contributed by atoms with van der Waals surface area (Å²) in [4.78, 5) is 54.5. The summed E-state index contributed by atoms with van der Waals surface area (Å²) in [6, 6.07) is -1.45. The van der Waals surface area contributed by atoms with Crippen molar-refractivity contribution >= 4 is 40.3 Å². The Morgan fingerprint density at radius 2 is 2.06 bits per heavy atom. The van der Waals surface area contributed by atoms with Crippen LogP contribution in [-0.2, 0) is 19.1 Å². The molecule has 1 fully saturated rings. The molecule has 0 spiro atoms. The molecule has 0 aromatic carbocycles. The number of aliphatic hydroxyl groups is 1. The van der Waals surface area contributed by atoms with E-state index in [1.165, 1.54) is 16.7 Å². The minimum absolute atomic E-state index is 0.0697. The highest BCUT2D eigenvalue weighted by Gasteiger charge is 2.27. The second kappa shape index (κ2) is 11.8. The van der Waals surface area contributed by atoms with E-state index in [-0.39, 0.29) is 17.4 Å². The second-order valence-electron chi connectivity index (χ2n) is 8.61. The molecule has 1 saturated heterocycles. The molecule has 12 nitrogen and oxygen atoms in total. The maximum atomic E-state index is 12.6. The zero-order chi connectivity index (χ0) is 25.5. The summed E-state index contributed by atoms with van der Waals surface area (Å²) in [6.07, 6.45) is 1.12. The molecule has 1 aliphatic heterocycles. The van der Waals surface area contributed by atoms with Gasteiger partial charge in [0, 0.05) is 24.5 Å². The zero-order valence-corrected chi connectivity index (χ0v) is 20.5. The Labute approximate surface area is 201 Å². The van der Waals surface area contributed by atoms with E-state index < -0.39 is 42.1 Å². The van der Waals surface area contributed by atoms with E-state index in [1.54, 1.807) is 20.8 Å². The number of ether oxygens (including phenoxy) is 2. The van der Waals surface area contributed by atoms with Gasteiger partial charge in [0.2, 0.25) is 5.91 Å². The highest BCUT2D eigenvalue weighted by atomic mass is 32.1.